The van der Waals surface area contributed by atoms with Crippen LogP contribution in [0.2, 0.25) is 0 Å². The summed E-state index contributed by atoms with van der Waals surface area (Å²) in [5, 5.41) is 8.34. The quantitative estimate of drug-likeness (QED) is 0.522. The number of rotatable bonds is 8. The van der Waals surface area contributed by atoms with Gasteiger partial charge in [-0.2, -0.15) is 0 Å². The van der Waals surface area contributed by atoms with Crippen LogP contribution >= 0.6 is 0 Å². The van der Waals surface area contributed by atoms with E-state index in [1.54, 1.807) is 20.8 Å². The summed E-state index contributed by atoms with van der Waals surface area (Å²) in [6, 6.07) is 0. The number of carbonyl (C=O) groups is 4. The largest absolute Gasteiger partial charge is 0.481 e. The van der Waals surface area contributed by atoms with Gasteiger partial charge in [-0.25, -0.2) is 0 Å². The predicted octanol–water partition coefficient (Wildman–Crippen LogP) is 1.02. The molecule has 0 aromatic heterocycles. The molecule has 0 heterocycles. The molecule has 0 fully saturated rings. The third-order valence-corrected chi connectivity index (χ3v) is 1.94. The van der Waals surface area contributed by atoms with E-state index >= 15 is 0 Å². The Morgan fingerprint density at radius 1 is 0.810 bits per heavy atom. The van der Waals surface area contributed by atoms with Crippen LogP contribution in [0.4, 0.5) is 0 Å². The highest BCUT2D eigenvalue weighted by molar-refractivity contribution is 5.78. The zero-order valence-corrected chi connectivity index (χ0v) is 12.3. The normalized spacial score (nSPS) is 10.6. The minimum atomic E-state index is -1.12. The molecule has 0 aliphatic carbocycles. The maximum absolute atomic E-state index is 11.3. The molecule has 21 heavy (non-hydrogen) atoms. The van der Waals surface area contributed by atoms with Crippen molar-refractivity contribution in [2.75, 3.05) is 6.79 Å². The van der Waals surface area contributed by atoms with Crippen LogP contribution in [0.1, 0.15) is 46.5 Å². The van der Waals surface area contributed by atoms with E-state index in [2.05, 4.69) is 9.47 Å². The Morgan fingerprint density at radius 3 is 1.67 bits per heavy atom. The van der Waals surface area contributed by atoms with E-state index in [9.17, 15) is 19.2 Å². The first kappa shape index (κ1) is 18.9. The summed E-state index contributed by atoms with van der Waals surface area (Å²) in [6.45, 7) is 4.52. The van der Waals surface area contributed by atoms with Gasteiger partial charge in [0, 0.05) is 0 Å². The molecule has 0 atom stereocenters. The topological polar surface area (TPSA) is 116 Å². The van der Waals surface area contributed by atoms with E-state index in [1.807, 2.05) is 0 Å². The Bertz CT molecular complexity index is 393. The summed E-state index contributed by atoms with van der Waals surface area (Å²) in [4.78, 5) is 43.8. The molecule has 0 saturated carbocycles. The van der Waals surface area contributed by atoms with Crippen molar-refractivity contribution < 1.29 is 38.5 Å². The molecular weight excluding hydrogens is 284 g/mol. The number of hydrogen-bond acceptors (Lipinski definition) is 7. The maximum atomic E-state index is 11.3. The van der Waals surface area contributed by atoms with Crippen LogP contribution in [0.15, 0.2) is 0 Å². The van der Waals surface area contributed by atoms with Crippen molar-refractivity contribution in [2.24, 2.45) is 0 Å². The fraction of sp³-hybridized carbons (Fsp3) is 0.692. The van der Waals surface area contributed by atoms with Crippen LogP contribution in [-0.2, 0) is 33.4 Å². The molecule has 0 aliphatic heterocycles. The number of ether oxygens (including phenoxy) is 3. The molecular formula is C13H20O8. The SMILES string of the molecule is CC(C)(C)OC(=O)CCC(=O)OCOC(=O)CCC(=O)O. The second-order valence-electron chi connectivity index (χ2n) is 5.13. The van der Waals surface area contributed by atoms with Crippen molar-refractivity contribution in [1.82, 2.24) is 0 Å². The molecule has 0 saturated heterocycles. The third-order valence-electron chi connectivity index (χ3n) is 1.94. The van der Waals surface area contributed by atoms with Crippen molar-refractivity contribution >= 4 is 23.9 Å². The smallest absolute Gasteiger partial charge is 0.309 e. The lowest BCUT2D eigenvalue weighted by molar-refractivity contribution is -0.170. The van der Waals surface area contributed by atoms with Crippen LogP contribution in [0.25, 0.3) is 0 Å². The number of esters is 3. The number of carboxylic acid groups (broad SMARTS) is 1. The average molecular weight is 304 g/mol. The Balaban J connectivity index is 3.74. The van der Waals surface area contributed by atoms with Crippen LogP contribution in [-0.4, -0.2) is 41.4 Å². The van der Waals surface area contributed by atoms with Gasteiger partial charge >= 0.3 is 23.9 Å². The molecule has 0 unspecified atom stereocenters. The first-order valence-electron chi connectivity index (χ1n) is 6.35. The van der Waals surface area contributed by atoms with Crippen molar-refractivity contribution in [3.05, 3.63) is 0 Å². The third kappa shape index (κ3) is 12.6. The van der Waals surface area contributed by atoms with Gasteiger partial charge in [-0.15, -0.1) is 0 Å². The van der Waals surface area contributed by atoms with E-state index < -0.39 is 36.3 Å². The lowest BCUT2D eigenvalue weighted by Gasteiger charge is -2.19. The van der Waals surface area contributed by atoms with Gasteiger partial charge in [0.2, 0.25) is 6.79 Å². The molecule has 8 heteroatoms. The van der Waals surface area contributed by atoms with Gasteiger partial charge in [0.1, 0.15) is 5.60 Å². The van der Waals surface area contributed by atoms with Gasteiger partial charge in [0.15, 0.2) is 0 Å². The van der Waals surface area contributed by atoms with E-state index in [-0.39, 0.29) is 25.7 Å². The highest BCUT2D eigenvalue weighted by Gasteiger charge is 2.17. The van der Waals surface area contributed by atoms with Crippen molar-refractivity contribution in [3.63, 3.8) is 0 Å². The zero-order valence-electron chi connectivity index (χ0n) is 12.3. The second kappa shape index (κ2) is 8.93. The highest BCUT2D eigenvalue weighted by Crippen LogP contribution is 2.09. The Morgan fingerprint density at radius 2 is 1.24 bits per heavy atom. The van der Waals surface area contributed by atoms with E-state index in [4.69, 9.17) is 9.84 Å². The number of hydrogen-bond donors (Lipinski definition) is 1. The van der Waals surface area contributed by atoms with Crippen LogP contribution < -0.4 is 0 Å². The molecule has 0 amide bonds. The van der Waals surface area contributed by atoms with E-state index in [0.717, 1.165) is 0 Å². The summed E-state index contributed by atoms with van der Waals surface area (Å²) in [6.07, 6.45) is -0.985. The Hall–Kier alpha value is -2.12. The molecule has 0 aliphatic rings. The van der Waals surface area contributed by atoms with Crippen LogP contribution in [0.5, 0.6) is 0 Å². The van der Waals surface area contributed by atoms with Crippen LogP contribution in [0.3, 0.4) is 0 Å². The van der Waals surface area contributed by atoms with Crippen molar-refractivity contribution in [1.29, 1.82) is 0 Å². The number of aliphatic carboxylic acids is 1. The monoisotopic (exact) mass is 304 g/mol. The Labute approximate surface area is 122 Å². The molecule has 0 bridgehead atoms. The summed E-state index contributed by atoms with van der Waals surface area (Å²) in [5.41, 5.74) is -0.624. The number of carboxylic acids is 1. The first-order chi connectivity index (χ1) is 9.60. The first-order valence-corrected chi connectivity index (χ1v) is 6.35. The number of carbonyl (C=O) groups excluding carboxylic acids is 3. The van der Waals surface area contributed by atoms with Crippen molar-refractivity contribution in [3.8, 4) is 0 Å². The molecule has 0 rings (SSSR count). The summed E-state index contributed by atoms with van der Waals surface area (Å²) < 4.78 is 14.0. The average Bonchev–Trinajstić information content (AvgIpc) is 2.32. The zero-order chi connectivity index (χ0) is 16.5. The lowest BCUT2D eigenvalue weighted by Crippen LogP contribution is -2.24. The van der Waals surface area contributed by atoms with Gasteiger partial charge in [-0.05, 0) is 20.8 Å². The minimum Gasteiger partial charge on any atom is -0.481 e. The lowest BCUT2D eigenvalue weighted by atomic mass is 10.2. The van der Waals surface area contributed by atoms with Gasteiger partial charge < -0.3 is 19.3 Å². The molecule has 1 N–H and O–H groups in total. The Kier molecular flexibility index (Phi) is 8.03. The molecule has 0 aromatic rings. The summed E-state index contributed by atoms with van der Waals surface area (Å²) >= 11 is 0. The van der Waals surface area contributed by atoms with Gasteiger partial charge in [0.05, 0.1) is 25.7 Å². The summed E-state index contributed by atoms with van der Waals surface area (Å²) in [7, 11) is 0. The predicted molar refractivity (Wildman–Crippen MR) is 69.0 cm³/mol. The molecule has 8 nitrogen and oxygen atoms in total. The molecule has 0 aromatic carbocycles. The van der Waals surface area contributed by atoms with Gasteiger partial charge in [-0.3, -0.25) is 19.2 Å². The standard InChI is InChI=1S/C13H20O8/c1-13(2,3)21-12(18)7-6-11(17)20-8-19-10(16)5-4-9(14)15/h4-8H2,1-3H3,(H,14,15). The van der Waals surface area contributed by atoms with Crippen LogP contribution in [0, 0.1) is 0 Å². The maximum Gasteiger partial charge on any atom is 0.309 e. The second-order valence-corrected chi connectivity index (χ2v) is 5.13. The fourth-order valence-corrected chi connectivity index (χ4v) is 1.11. The van der Waals surface area contributed by atoms with E-state index in [0.29, 0.717) is 0 Å². The minimum absolute atomic E-state index is 0.136. The summed E-state index contributed by atoms with van der Waals surface area (Å²) in [5.74, 6) is -3.15. The van der Waals surface area contributed by atoms with E-state index in [1.165, 1.54) is 0 Å². The highest BCUT2D eigenvalue weighted by atomic mass is 16.7. The van der Waals surface area contributed by atoms with Gasteiger partial charge in [-0.1, -0.05) is 0 Å². The molecule has 0 spiro atoms. The molecule has 0 radical (unpaired) electrons. The van der Waals surface area contributed by atoms with Crippen molar-refractivity contribution in [2.45, 2.75) is 52.1 Å². The van der Waals surface area contributed by atoms with Gasteiger partial charge in [0.25, 0.3) is 0 Å². The molecule has 120 valence electrons. The fourth-order valence-electron chi connectivity index (χ4n) is 1.11.